The van der Waals surface area contributed by atoms with Crippen LogP contribution in [0.2, 0.25) is 5.02 Å². The normalized spacial score (nSPS) is 14.0. The Morgan fingerprint density at radius 2 is 1.83 bits per heavy atom. The van der Waals surface area contributed by atoms with Crippen LogP contribution in [0, 0.1) is 0 Å². The summed E-state index contributed by atoms with van der Waals surface area (Å²) in [6.45, 7) is 0.184. The van der Waals surface area contributed by atoms with E-state index in [0.717, 1.165) is 18.4 Å². The second-order valence-corrected chi connectivity index (χ2v) is 9.03. The van der Waals surface area contributed by atoms with Crippen LogP contribution >= 0.6 is 11.6 Å². The molecule has 0 atom stereocenters. The summed E-state index contributed by atoms with van der Waals surface area (Å²) in [6.07, 6.45) is 1.70. The van der Waals surface area contributed by atoms with Crippen LogP contribution in [0.1, 0.15) is 29.0 Å². The molecule has 1 amide bonds. The molecule has 1 aliphatic carbocycles. The maximum atomic E-state index is 12.5. The van der Waals surface area contributed by atoms with Crippen molar-refractivity contribution in [2.24, 2.45) is 0 Å². The lowest BCUT2D eigenvalue weighted by atomic mass is 10.2. The number of amides is 1. The second-order valence-electron chi connectivity index (χ2n) is 6.88. The van der Waals surface area contributed by atoms with Crippen LogP contribution in [0.25, 0.3) is 11.3 Å². The summed E-state index contributed by atoms with van der Waals surface area (Å²) in [7, 11) is -3.61. The van der Waals surface area contributed by atoms with Crippen LogP contribution in [0.15, 0.2) is 70.0 Å². The minimum absolute atomic E-state index is 0.00581. The standard InChI is InChI=1S/C21H19ClN2O4S/c22-16-6-4-14(5-7-16)20-11-10-18(28-20)13-23-21(25)15-2-1-3-19(12-15)29(26,27)24-17-8-9-17/h1-7,10-12,17,24H,8-9,13H2,(H,23,25). The van der Waals surface area contributed by atoms with E-state index in [1.54, 1.807) is 30.3 Å². The molecular weight excluding hydrogens is 412 g/mol. The van der Waals surface area contributed by atoms with Gasteiger partial charge in [0.2, 0.25) is 10.0 Å². The van der Waals surface area contributed by atoms with Crippen molar-refractivity contribution in [1.29, 1.82) is 0 Å². The van der Waals surface area contributed by atoms with Gasteiger partial charge in [0.1, 0.15) is 11.5 Å². The van der Waals surface area contributed by atoms with Gasteiger partial charge in [-0.25, -0.2) is 13.1 Å². The molecule has 29 heavy (non-hydrogen) atoms. The summed E-state index contributed by atoms with van der Waals surface area (Å²) < 4.78 is 33.0. The van der Waals surface area contributed by atoms with Crippen LogP contribution in [-0.4, -0.2) is 20.4 Å². The fourth-order valence-electron chi connectivity index (χ4n) is 2.80. The molecule has 0 aliphatic heterocycles. The number of sulfonamides is 1. The van der Waals surface area contributed by atoms with Crippen molar-refractivity contribution in [2.75, 3.05) is 0 Å². The van der Waals surface area contributed by atoms with E-state index < -0.39 is 10.0 Å². The molecule has 0 unspecified atom stereocenters. The molecule has 8 heteroatoms. The summed E-state index contributed by atoms with van der Waals surface area (Å²) >= 11 is 5.89. The fourth-order valence-corrected chi connectivity index (χ4v) is 4.28. The van der Waals surface area contributed by atoms with Crippen molar-refractivity contribution in [3.05, 3.63) is 77.0 Å². The molecule has 150 valence electrons. The van der Waals surface area contributed by atoms with Gasteiger partial charge in [0, 0.05) is 22.2 Å². The van der Waals surface area contributed by atoms with Crippen molar-refractivity contribution >= 4 is 27.5 Å². The van der Waals surface area contributed by atoms with E-state index in [2.05, 4.69) is 10.0 Å². The molecular formula is C21H19ClN2O4S. The number of benzene rings is 2. The molecule has 6 nitrogen and oxygen atoms in total. The highest BCUT2D eigenvalue weighted by Gasteiger charge is 2.28. The Balaban J connectivity index is 1.41. The zero-order valence-corrected chi connectivity index (χ0v) is 17.0. The third-order valence-electron chi connectivity index (χ3n) is 4.52. The van der Waals surface area contributed by atoms with E-state index in [-0.39, 0.29) is 29.0 Å². The lowest BCUT2D eigenvalue weighted by Gasteiger charge is -2.08. The van der Waals surface area contributed by atoms with Gasteiger partial charge in [-0.2, -0.15) is 0 Å². The van der Waals surface area contributed by atoms with Crippen molar-refractivity contribution in [3.8, 4) is 11.3 Å². The summed E-state index contributed by atoms with van der Waals surface area (Å²) in [5.41, 5.74) is 1.15. The summed E-state index contributed by atoms with van der Waals surface area (Å²) in [5, 5.41) is 3.39. The van der Waals surface area contributed by atoms with Crippen LogP contribution in [0.5, 0.6) is 0 Å². The minimum Gasteiger partial charge on any atom is -0.459 e. The van der Waals surface area contributed by atoms with Crippen molar-refractivity contribution in [2.45, 2.75) is 30.3 Å². The molecule has 4 rings (SSSR count). The predicted molar refractivity (Wildman–Crippen MR) is 110 cm³/mol. The number of nitrogens with one attached hydrogen (secondary N) is 2. The zero-order chi connectivity index (χ0) is 20.4. The van der Waals surface area contributed by atoms with E-state index in [1.165, 1.54) is 12.1 Å². The molecule has 0 saturated heterocycles. The van der Waals surface area contributed by atoms with E-state index in [9.17, 15) is 13.2 Å². The van der Waals surface area contributed by atoms with Gasteiger partial charge in [0.05, 0.1) is 11.4 Å². The highest BCUT2D eigenvalue weighted by Crippen LogP contribution is 2.24. The van der Waals surface area contributed by atoms with Gasteiger partial charge in [0.25, 0.3) is 5.91 Å². The van der Waals surface area contributed by atoms with Crippen molar-refractivity contribution < 1.29 is 17.6 Å². The lowest BCUT2D eigenvalue weighted by Crippen LogP contribution is -2.27. The number of carbonyl (C=O) groups excluding carboxylic acids is 1. The van der Waals surface area contributed by atoms with Gasteiger partial charge in [-0.15, -0.1) is 0 Å². The Bertz CT molecular complexity index is 1140. The Hall–Kier alpha value is -2.61. The summed E-state index contributed by atoms with van der Waals surface area (Å²) in [6, 6.07) is 16.9. The number of carbonyl (C=O) groups is 1. The quantitative estimate of drug-likeness (QED) is 0.593. The smallest absolute Gasteiger partial charge is 0.251 e. The second kappa shape index (κ2) is 8.02. The first-order valence-corrected chi connectivity index (χ1v) is 11.0. The van der Waals surface area contributed by atoms with Crippen LogP contribution in [0.3, 0.4) is 0 Å². The highest BCUT2D eigenvalue weighted by molar-refractivity contribution is 7.89. The van der Waals surface area contributed by atoms with E-state index in [0.29, 0.717) is 16.5 Å². The first kappa shape index (κ1) is 19.7. The molecule has 1 fully saturated rings. The highest BCUT2D eigenvalue weighted by atomic mass is 35.5. The van der Waals surface area contributed by atoms with E-state index in [1.807, 2.05) is 18.2 Å². The van der Waals surface area contributed by atoms with E-state index >= 15 is 0 Å². The molecule has 3 aromatic rings. The average Bonchev–Trinajstić information content (AvgIpc) is 3.39. The Morgan fingerprint density at radius 1 is 1.07 bits per heavy atom. The topological polar surface area (TPSA) is 88.4 Å². The molecule has 2 N–H and O–H groups in total. The van der Waals surface area contributed by atoms with Gasteiger partial charge in [-0.05, 0) is 67.4 Å². The number of hydrogen-bond acceptors (Lipinski definition) is 4. The number of hydrogen-bond donors (Lipinski definition) is 2. The summed E-state index contributed by atoms with van der Waals surface area (Å²) in [5.74, 6) is 0.880. The van der Waals surface area contributed by atoms with Gasteiger partial charge in [0.15, 0.2) is 0 Å². The molecule has 1 aliphatic rings. The van der Waals surface area contributed by atoms with E-state index in [4.69, 9.17) is 16.0 Å². The zero-order valence-electron chi connectivity index (χ0n) is 15.4. The summed E-state index contributed by atoms with van der Waals surface area (Å²) in [4.78, 5) is 12.5. The molecule has 0 bridgehead atoms. The molecule has 1 heterocycles. The van der Waals surface area contributed by atoms with Gasteiger partial charge in [-0.3, -0.25) is 4.79 Å². The third-order valence-corrected chi connectivity index (χ3v) is 6.29. The van der Waals surface area contributed by atoms with Gasteiger partial charge < -0.3 is 9.73 Å². The average molecular weight is 431 g/mol. The first-order chi connectivity index (χ1) is 13.9. The fraction of sp³-hybridized carbons (Fsp3) is 0.190. The first-order valence-electron chi connectivity index (χ1n) is 9.16. The lowest BCUT2D eigenvalue weighted by molar-refractivity contribution is 0.0948. The van der Waals surface area contributed by atoms with Crippen molar-refractivity contribution in [1.82, 2.24) is 10.0 Å². The van der Waals surface area contributed by atoms with Crippen LogP contribution in [0.4, 0.5) is 0 Å². The van der Waals surface area contributed by atoms with Gasteiger partial charge in [-0.1, -0.05) is 17.7 Å². The Labute approximate surface area is 173 Å². The van der Waals surface area contributed by atoms with Crippen molar-refractivity contribution in [3.63, 3.8) is 0 Å². The molecule has 0 spiro atoms. The molecule has 0 radical (unpaired) electrons. The minimum atomic E-state index is -3.61. The Morgan fingerprint density at radius 3 is 2.55 bits per heavy atom. The van der Waals surface area contributed by atoms with Crippen LogP contribution in [-0.2, 0) is 16.6 Å². The maximum Gasteiger partial charge on any atom is 0.251 e. The molecule has 2 aromatic carbocycles. The number of halogens is 1. The number of rotatable bonds is 7. The number of furan rings is 1. The SMILES string of the molecule is O=C(NCc1ccc(-c2ccc(Cl)cc2)o1)c1cccc(S(=O)(=O)NC2CC2)c1. The third kappa shape index (κ3) is 4.87. The molecule has 1 saturated carbocycles. The predicted octanol–water partition coefficient (Wildman–Crippen LogP) is 3.97. The van der Waals surface area contributed by atoms with Crippen LogP contribution < -0.4 is 10.0 Å². The monoisotopic (exact) mass is 430 g/mol. The van der Waals surface area contributed by atoms with Gasteiger partial charge >= 0.3 is 0 Å². The largest absolute Gasteiger partial charge is 0.459 e. The maximum absolute atomic E-state index is 12.5. The Kier molecular flexibility index (Phi) is 5.45. The molecule has 1 aromatic heterocycles.